The summed E-state index contributed by atoms with van der Waals surface area (Å²) in [5.74, 6) is 0.268. The SMILES string of the molecule is Oc1cc2c(cc1/C=N/c1ccccc1P(c1ccccc1)c1ccccc1)CCC=C2. The number of aliphatic imine (C=N–C) groups is 1. The molecule has 0 fully saturated rings. The van der Waals surface area contributed by atoms with Crippen molar-refractivity contribution in [1.29, 1.82) is 0 Å². The Kier molecular flexibility index (Phi) is 5.96. The summed E-state index contributed by atoms with van der Waals surface area (Å²) < 4.78 is 0. The van der Waals surface area contributed by atoms with E-state index in [0.29, 0.717) is 0 Å². The van der Waals surface area contributed by atoms with Crippen LogP contribution in [0.2, 0.25) is 0 Å². The summed E-state index contributed by atoms with van der Waals surface area (Å²) in [5.41, 5.74) is 4.06. The molecule has 0 aliphatic heterocycles. The normalized spacial score (nSPS) is 12.9. The molecular formula is C29H24NOP. The standard InChI is InChI=1S/C29H24NOP/c31-28-20-23-12-8-7-11-22(23)19-24(28)21-30-27-17-9-10-18-29(27)32(25-13-3-1-4-14-25)26-15-5-2-6-16-26/h1-6,8-10,12-21,31H,7,11H2/b30-21+. The van der Waals surface area contributed by atoms with Crippen molar-refractivity contribution in [2.45, 2.75) is 12.8 Å². The van der Waals surface area contributed by atoms with Crippen LogP contribution >= 0.6 is 7.92 Å². The molecule has 5 rings (SSSR count). The second-order valence-electron chi connectivity index (χ2n) is 7.80. The van der Waals surface area contributed by atoms with Crippen LogP contribution in [0.1, 0.15) is 23.1 Å². The molecule has 0 heterocycles. The first-order valence-electron chi connectivity index (χ1n) is 10.9. The van der Waals surface area contributed by atoms with E-state index in [9.17, 15) is 5.11 Å². The van der Waals surface area contributed by atoms with Crippen molar-refractivity contribution in [3.05, 3.63) is 120 Å². The molecule has 32 heavy (non-hydrogen) atoms. The molecule has 2 nitrogen and oxygen atoms in total. The van der Waals surface area contributed by atoms with Crippen molar-refractivity contribution < 1.29 is 5.11 Å². The van der Waals surface area contributed by atoms with Gasteiger partial charge in [0.05, 0.1) is 5.69 Å². The fraction of sp³-hybridized carbons (Fsp3) is 0.0690. The number of phenols is 1. The van der Waals surface area contributed by atoms with Gasteiger partial charge in [-0.05, 0) is 60.7 Å². The minimum atomic E-state index is -0.748. The lowest BCUT2D eigenvalue weighted by atomic mass is 9.95. The monoisotopic (exact) mass is 433 g/mol. The third kappa shape index (κ3) is 4.28. The molecule has 4 aromatic rings. The third-order valence-electron chi connectivity index (χ3n) is 5.66. The van der Waals surface area contributed by atoms with E-state index in [0.717, 1.165) is 29.7 Å². The topological polar surface area (TPSA) is 32.6 Å². The van der Waals surface area contributed by atoms with Gasteiger partial charge in [-0.3, -0.25) is 4.99 Å². The highest BCUT2D eigenvalue weighted by Gasteiger charge is 2.19. The number of para-hydroxylation sites is 1. The summed E-state index contributed by atoms with van der Waals surface area (Å²) in [6.07, 6.45) is 8.08. The van der Waals surface area contributed by atoms with Crippen LogP contribution in [0.4, 0.5) is 5.69 Å². The minimum absolute atomic E-state index is 0.268. The molecule has 0 saturated carbocycles. The fourth-order valence-corrected chi connectivity index (χ4v) is 6.47. The van der Waals surface area contributed by atoms with Gasteiger partial charge in [0.25, 0.3) is 0 Å². The number of hydrogen-bond donors (Lipinski definition) is 1. The van der Waals surface area contributed by atoms with Crippen LogP contribution in [0.3, 0.4) is 0 Å². The maximum atomic E-state index is 10.6. The molecule has 0 unspecified atom stereocenters. The Bertz CT molecular complexity index is 1240. The fourth-order valence-electron chi connectivity index (χ4n) is 4.08. The zero-order valence-electron chi connectivity index (χ0n) is 17.7. The van der Waals surface area contributed by atoms with Crippen LogP contribution in [0.15, 0.2) is 108 Å². The van der Waals surface area contributed by atoms with Crippen LogP contribution in [-0.4, -0.2) is 11.3 Å². The average molecular weight is 433 g/mol. The number of allylic oxidation sites excluding steroid dienone is 1. The molecule has 0 spiro atoms. The Labute approximate surface area is 190 Å². The smallest absolute Gasteiger partial charge is 0.124 e. The maximum Gasteiger partial charge on any atom is 0.124 e. The quantitative estimate of drug-likeness (QED) is 0.310. The van der Waals surface area contributed by atoms with Crippen LogP contribution in [-0.2, 0) is 6.42 Å². The summed E-state index contributed by atoms with van der Waals surface area (Å²) in [4.78, 5) is 4.87. The molecule has 156 valence electrons. The lowest BCUT2D eigenvalue weighted by Crippen LogP contribution is -2.20. The van der Waals surface area contributed by atoms with Crippen LogP contribution in [0.5, 0.6) is 5.75 Å². The van der Waals surface area contributed by atoms with E-state index in [1.165, 1.54) is 21.5 Å². The lowest BCUT2D eigenvalue weighted by molar-refractivity contribution is 0.474. The van der Waals surface area contributed by atoms with Crippen molar-refractivity contribution in [2.24, 2.45) is 4.99 Å². The van der Waals surface area contributed by atoms with E-state index < -0.39 is 7.92 Å². The Morgan fingerprint density at radius 3 is 2.16 bits per heavy atom. The van der Waals surface area contributed by atoms with Crippen molar-refractivity contribution in [3.8, 4) is 5.75 Å². The van der Waals surface area contributed by atoms with Gasteiger partial charge in [0, 0.05) is 17.1 Å². The highest BCUT2D eigenvalue weighted by Crippen LogP contribution is 2.36. The minimum Gasteiger partial charge on any atom is -0.507 e. The van der Waals surface area contributed by atoms with Gasteiger partial charge in [-0.25, -0.2) is 0 Å². The van der Waals surface area contributed by atoms with E-state index in [4.69, 9.17) is 4.99 Å². The van der Waals surface area contributed by atoms with E-state index >= 15 is 0 Å². The molecule has 1 aliphatic rings. The van der Waals surface area contributed by atoms with Crippen molar-refractivity contribution in [2.75, 3.05) is 0 Å². The molecular weight excluding hydrogens is 409 g/mol. The number of aromatic hydroxyl groups is 1. The largest absolute Gasteiger partial charge is 0.507 e. The third-order valence-corrected chi connectivity index (χ3v) is 8.15. The number of fused-ring (bicyclic) bond motifs is 1. The second kappa shape index (κ2) is 9.34. The zero-order valence-corrected chi connectivity index (χ0v) is 18.6. The molecule has 1 N–H and O–H groups in total. The van der Waals surface area contributed by atoms with E-state index in [-0.39, 0.29) is 5.75 Å². The van der Waals surface area contributed by atoms with Gasteiger partial charge in [0.15, 0.2) is 0 Å². The lowest BCUT2D eigenvalue weighted by Gasteiger charge is -2.20. The van der Waals surface area contributed by atoms with Gasteiger partial charge in [-0.1, -0.05) is 91.0 Å². The van der Waals surface area contributed by atoms with Crippen molar-refractivity contribution >= 4 is 41.8 Å². The predicted molar refractivity (Wildman–Crippen MR) is 138 cm³/mol. The number of aryl methyl sites for hydroxylation is 1. The first-order valence-corrected chi connectivity index (χ1v) is 12.2. The highest BCUT2D eigenvalue weighted by atomic mass is 31.1. The molecule has 0 amide bonds. The highest BCUT2D eigenvalue weighted by molar-refractivity contribution is 7.80. The van der Waals surface area contributed by atoms with Crippen LogP contribution < -0.4 is 15.9 Å². The van der Waals surface area contributed by atoms with Gasteiger partial charge < -0.3 is 5.11 Å². The van der Waals surface area contributed by atoms with E-state index in [2.05, 4.69) is 97.1 Å². The number of nitrogens with zero attached hydrogens (tertiary/aromatic N) is 1. The van der Waals surface area contributed by atoms with Gasteiger partial charge in [0.1, 0.15) is 5.75 Å². The van der Waals surface area contributed by atoms with Crippen molar-refractivity contribution in [1.82, 2.24) is 0 Å². The number of hydrogen-bond acceptors (Lipinski definition) is 2. The van der Waals surface area contributed by atoms with E-state index in [1.54, 1.807) is 6.21 Å². The number of rotatable bonds is 5. The summed E-state index contributed by atoms with van der Waals surface area (Å²) >= 11 is 0. The summed E-state index contributed by atoms with van der Waals surface area (Å²) in [6.45, 7) is 0. The Balaban J connectivity index is 1.57. The maximum absolute atomic E-state index is 10.6. The van der Waals surface area contributed by atoms with Gasteiger partial charge in [-0.2, -0.15) is 0 Å². The van der Waals surface area contributed by atoms with E-state index in [1.807, 2.05) is 12.1 Å². The second-order valence-corrected chi connectivity index (χ2v) is 9.99. The first-order chi connectivity index (χ1) is 15.8. The van der Waals surface area contributed by atoms with Gasteiger partial charge in [-0.15, -0.1) is 0 Å². The Morgan fingerprint density at radius 2 is 1.44 bits per heavy atom. The molecule has 0 bridgehead atoms. The Morgan fingerprint density at radius 1 is 0.781 bits per heavy atom. The summed E-state index contributed by atoms with van der Waals surface area (Å²) in [5, 5.41) is 14.3. The predicted octanol–water partition coefficient (Wildman–Crippen LogP) is 5.86. The van der Waals surface area contributed by atoms with Crippen molar-refractivity contribution in [3.63, 3.8) is 0 Å². The molecule has 1 aliphatic carbocycles. The molecule has 0 atom stereocenters. The number of benzene rings is 4. The molecule has 0 radical (unpaired) electrons. The average Bonchev–Trinajstić information content (AvgIpc) is 2.85. The summed E-state index contributed by atoms with van der Waals surface area (Å²) in [6, 6.07) is 33.5. The number of phenolic OH excluding ortho intramolecular Hbond substituents is 1. The zero-order chi connectivity index (χ0) is 21.8. The summed E-state index contributed by atoms with van der Waals surface area (Å²) in [7, 11) is -0.748. The molecule has 0 aromatic heterocycles. The molecule has 3 heteroatoms. The van der Waals surface area contributed by atoms with Crippen LogP contribution in [0.25, 0.3) is 6.08 Å². The molecule has 4 aromatic carbocycles. The Hall–Kier alpha value is -3.48. The first kappa shape index (κ1) is 20.4. The van der Waals surface area contributed by atoms with Gasteiger partial charge >= 0.3 is 0 Å². The molecule has 0 saturated heterocycles. The van der Waals surface area contributed by atoms with Gasteiger partial charge in [0.2, 0.25) is 0 Å². The van der Waals surface area contributed by atoms with Crippen LogP contribution in [0, 0.1) is 0 Å².